The van der Waals surface area contributed by atoms with E-state index in [1.54, 1.807) is 49.4 Å². The average Bonchev–Trinajstić information content (AvgIpc) is 3.49. The lowest BCUT2D eigenvalue weighted by Gasteiger charge is -2.47. The summed E-state index contributed by atoms with van der Waals surface area (Å²) in [7, 11) is -6.96. The zero-order chi connectivity index (χ0) is 34.2. The Hall–Kier alpha value is -3.61. The van der Waals surface area contributed by atoms with E-state index >= 15 is 0 Å². The van der Waals surface area contributed by atoms with E-state index in [0.29, 0.717) is 16.5 Å². The van der Waals surface area contributed by atoms with E-state index in [1.807, 2.05) is 36.4 Å². The predicted octanol–water partition coefficient (Wildman–Crippen LogP) is 5.15. The van der Waals surface area contributed by atoms with E-state index in [2.05, 4.69) is 45.0 Å². The first-order chi connectivity index (χ1) is 22.9. The summed E-state index contributed by atoms with van der Waals surface area (Å²) in [5.41, 5.74) is -1.19. The highest BCUT2D eigenvalue weighted by molar-refractivity contribution is 7.90. The first-order valence-corrected chi connectivity index (χ1v) is 19.6. The van der Waals surface area contributed by atoms with Crippen molar-refractivity contribution in [3.8, 4) is 0 Å². The quantitative estimate of drug-likeness (QED) is 0.196. The molecule has 0 amide bonds. The van der Waals surface area contributed by atoms with Crippen LogP contribution in [0.2, 0.25) is 5.04 Å². The van der Waals surface area contributed by atoms with Gasteiger partial charge in [-0.3, -0.25) is 0 Å². The molecule has 10 heteroatoms. The van der Waals surface area contributed by atoms with Crippen LogP contribution in [0, 0.1) is 0 Å². The number of ether oxygens (including phenoxy) is 2. The standard InChI is InChI=1S/C38H43NO7SSi/c1-5-44-36-38(41,32-26-39(33-24-16-15-23-31(32)33)47(42,43)28-17-9-6-10-18-28)25-34(40)35(46-36)27-45-48(37(2,3)4,29-19-11-7-12-20-29)30-21-13-8-14-22-30/h6-24,26,34-36,40-41H,5,25,27H2,1-4H3/t34-,35+,36+,38-/m0/s1. The lowest BCUT2D eigenvalue weighted by molar-refractivity contribution is -0.311. The lowest BCUT2D eigenvalue weighted by atomic mass is 9.83. The Morgan fingerprint density at radius 2 is 1.42 bits per heavy atom. The first kappa shape index (κ1) is 34.3. The van der Waals surface area contributed by atoms with E-state index in [9.17, 15) is 18.6 Å². The second-order valence-corrected chi connectivity index (χ2v) is 19.4. The zero-order valence-electron chi connectivity index (χ0n) is 27.7. The van der Waals surface area contributed by atoms with E-state index in [0.717, 1.165) is 10.4 Å². The molecule has 1 aliphatic rings. The second kappa shape index (κ2) is 13.4. The third-order valence-electron chi connectivity index (χ3n) is 9.28. The Morgan fingerprint density at radius 3 is 1.98 bits per heavy atom. The summed E-state index contributed by atoms with van der Waals surface area (Å²) < 4.78 is 48.4. The number of aromatic nitrogens is 1. The van der Waals surface area contributed by atoms with Crippen LogP contribution in [0.1, 0.15) is 39.7 Å². The minimum absolute atomic E-state index is 0.0538. The molecular formula is C38H43NO7SSi. The van der Waals surface area contributed by atoms with Crippen LogP contribution in [0.4, 0.5) is 0 Å². The number of hydrogen-bond donors (Lipinski definition) is 2. The van der Waals surface area contributed by atoms with Crippen molar-refractivity contribution in [3.05, 3.63) is 127 Å². The van der Waals surface area contributed by atoms with Crippen molar-refractivity contribution in [3.63, 3.8) is 0 Å². The fourth-order valence-corrected chi connectivity index (χ4v) is 13.0. The van der Waals surface area contributed by atoms with Gasteiger partial charge in [0.05, 0.1) is 23.1 Å². The Kier molecular flexibility index (Phi) is 9.53. The van der Waals surface area contributed by atoms with Crippen molar-refractivity contribution in [2.75, 3.05) is 13.2 Å². The van der Waals surface area contributed by atoms with Gasteiger partial charge < -0.3 is 24.1 Å². The van der Waals surface area contributed by atoms with E-state index < -0.39 is 42.4 Å². The van der Waals surface area contributed by atoms with Crippen LogP contribution in [0.25, 0.3) is 10.9 Å². The van der Waals surface area contributed by atoms with Gasteiger partial charge in [0.25, 0.3) is 18.3 Å². The minimum Gasteiger partial charge on any atom is -0.405 e. The smallest absolute Gasteiger partial charge is 0.268 e. The molecule has 252 valence electrons. The van der Waals surface area contributed by atoms with E-state index in [4.69, 9.17) is 13.9 Å². The molecule has 0 saturated carbocycles. The van der Waals surface area contributed by atoms with Gasteiger partial charge in [-0.05, 0) is 40.5 Å². The molecule has 1 aliphatic heterocycles. The molecule has 2 heterocycles. The van der Waals surface area contributed by atoms with Crippen LogP contribution in [-0.4, -0.2) is 62.6 Å². The summed E-state index contributed by atoms with van der Waals surface area (Å²) in [5, 5.41) is 26.5. The number of aliphatic hydroxyl groups excluding tert-OH is 1. The number of rotatable bonds is 10. The van der Waals surface area contributed by atoms with E-state index in [1.165, 1.54) is 22.3 Å². The summed E-state index contributed by atoms with van der Waals surface area (Å²) in [5.74, 6) is 0. The molecule has 48 heavy (non-hydrogen) atoms. The number of benzene rings is 4. The highest BCUT2D eigenvalue weighted by Gasteiger charge is 2.54. The molecule has 2 N–H and O–H groups in total. The van der Waals surface area contributed by atoms with Gasteiger partial charge in [0.2, 0.25) is 0 Å². The highest BCUT2D eigenvalue weighted by Crippen LogP contribution is 2.44. The fraction of sp³-hybridized carbons (Fsp3) is 0.316. The van der Waals surface area contributed by atoms with Gasteiger partial charge in [-0.2, -0.15) is 0 Å². The molecule has 8 nitrogen and oxygen atoms in total. The van der Waals surface area contributed by atoms with Gasteiger partial charge in [-0.15, -0.1) is 0 Å². The fourth-order valence-electron chi connectivity index (χ4n) is 6.99. The second-order valence-electron chi connectivity index (χ2n) is 13.3. The number of fused-ring (bicyclic) bond motifs is 1. The summed E-state index contributed by atoms with van der Waals surface area (Å²) in [6.07, 6.45) is -1.93. The van der Waals surface area contributed by atoms with Crippen LogP contribution in [-0.2, 0) is 29.5 Å². The molecule has 1 aromatic heterocycles. The van der Waals surface area contributed by atoms with Crippen molar-refractivity contribution in [1.82, 2.24) is 3.97 Å². The van der Waals surface area contributed by atoms with Crippen LogP contribution >= 0.6 is 0 Å². The van der Waals surface area contributed by atoms with Crippen molar-refractivity contribution in [2.45, 2.75) is 68.1 Å². The largest absolute Gasteiger partial charge is 0.405 e. The molecule has 1 fully saturated rings. The molecule has 0 spiro atoms. The number of aliphatic hydroxyl groups is 2. The van der Waals surface area contributed by atoms with Crippen molar-refractivity contribution in [1.29, 1.82) is 0 Å². The minimum atomic E-state index is -4.01. The summed E-state index contributed by atoms with van der Waals surface area (Å²) in [4.78, 5) is 0.117. The summed E-state index contributed by atoms with van der Waals surface area (Å²) in [6.45, 7) is 8.60. The first-order valence-electron chi connectivity index (χ1n) is 16.3. The molecule has 5 aromatic rings. The maximum Gasteiger partial charge on any atom is 0.268 e. The molecule has 1 saturated heterocycles. The Bertz CT molecular complexity index is 1910. The van der Waals surface area contributed by atoms with Gasteiger partial charge >= 0.3 is 0 Å². The van der Waals surface area contributed by atoms with Crippen molar-refractivity contribution >= 4 is 39.6 Å². The molecule has 4 atom stereocenters. The maximum atomic E-state index is 13.8. The Morgan fingerprint density at radius 1 is 0.875 bits per heavy atom. The maximum absolute atomic E-state index is 13.8. The van der Waals surface area contributed by atoms with Gasteiger partial charge in [0, 0.05) is 30.2 Å². The molecule has 0 unspecified atom stereocenters. The molecular weight excluding hydrogens is 643 g/mol. The predicted molar refractivity (Wildman–Crippen MR) is 189 cm³/mol. The third kappa shape index (κ3) is 5.96. The van der Waals surface area contributed by atoms with Gasteiger partial charge in [0.1, 0.15) is 11.7 Å². The highest BCUT2D eigenvalue weighted by atomic mass is 32.2. The molecule has 0 bridgehead atoms. The van der Waals surface area contributed by atoms with Gasteiger partial charge in [-0.25, -0.2) is 12.4 Å². The topological polar surface area (TPSA) is 107 Å². The van der Waals surface area contributed by atoms with Crippen LogP contribution < -0.4 is 10.4 Å². The van der Waals surface area contributed by atoms with Crippen LogP contribution in [0.15, 0.2) is 126 Å². The summed E-state index contributed by atoms with van der Waals surface area (Å²) >= 11 is 0. The van der Waals surface area contributed by atoms with Crippen LogP contribution in [0.3, 0.4) is 0 Å². The average molecular weight is 686 g/mol. The molecule has 4 aromatic carbocycles. The van der Waals surface area contributed by atoms with E-state index in [-0.39, 0.29) is 29.6 Å². The van der Waals surface area contributed by atoms with Gasteiger partial charge in [-0.1, -0.05) is 118 Å². The Balaban J connectivity index is 1.37. The number of para-hydroxylation sites is 1. The lowest BCUT2D eigenvalue weighted by Crippen LogP contribution is -2.68. The monoisotopic (exact) mass is 685 g/mol. The molecule has 0 radical (unpaired) electrons. The van der Waals surface area contributed by atoms with Crippen molar-refractivity contribution < 1.29 is 32.5 Å². The SMILES string of the molecule is CCO[C@@H]1O[C@H](CO[Si](c2ccccc2)(c2ccccc2)C(C)(C)C)[C@@H](O)C[C@]1(O)c1cn(S(=O)(=O)c2ccccc2)c2ccccc12. The van der Waals surface area contributed by atoms with Gasteiger partial charge in [0.15, 0.2) is 6.29 Å². The Labute approximate surface area is 283 Å². The molecule has 0 aliphatic carbocycles. The number of nitrogens with zero attached hydrogens (tertiary/aromatic N) is 1. The summed E-state index contributed by atoms with van der Waals surface area (Å²) in [6, 6.07) is 35.6. The van der Waals surface area contributed by atoms with Crippen LogP contribution in [0.5, 0.6) is 0 Å². The number of hydrogen-bond acceptors (Lipinski definition) is 7. The third-order valence-corrected chi connectivity index (χ3v) is 16.0. The van der Waals surface area contributed by atoms with Crippen molar-refractivity contribution in [2.24, 2.45) is 0 Å². The molecule has 6 rings (SSSR count). The normalized spacial score (nSPS) is 22.2. The zero-order valence-corrected chi connectivity index (χ0v) is 29.5.